The number of carboxylic acid groups (broad SMARTS) is 1. The van der Waals surface area contributed by atoms with Gasteiger partial charge in [-0.15, -0.1) is 0 Å². The lowest BCUT2D eigenvalue weighted by Crippen LogP contribution is -2.18. The van der Waals surface area contributed by atoms with Crippen LogP contribution in [0.3, 0.4) is 0 Å². The molecular formula is C43H78O4. The molecule has 0 rings (SSSR count). The molecule has 0 aliphatic heterocycles. The maximum Gasteiger partial charge on any atom is 0.306 e. The molecule has 0 aliphatic rings. The fourth-order valence-electron chi connectivity index (χ4n) is 6.14. The Balaban J connectivity index is 4.02. The van der Waals surface area contributed by atoms with Crippen LogP contribution in [-0.2, 0) is 14.3 Å². The Hall–Kier alpha value is -1.84. The number of carbonyl (C=O) groups excluding carboxylic acids is 1. The molecule has 47 heavy (non-hydrogen) atoms. The number of hydrogen-bond acceptors (Lipinski definition) is 3. The number of esters is 1. The van der Waals surface area contributed by atoms with Gasteiger partial charge in [-0.1, -0.05) is 172 Å². The monoisotopic (exact) mass is 659 g/mol. The van der Waals surface area contributed by atoms with E-state index in [2.05, 4.69) is 50.3 Å². The average Bonchev–Trinajstić information content (AvgIpc) is 3.05. The second-order valence-electron chi connectivity index (χ2n) is 13.8. The average molecular weight is 659 g/mol. The molecule has 0 bridgehead atoms. The third-order valence-electron chi connectivity index (χ3n) is 9.13. The molecule has 0 aromatic rings. The van der Waals surface area contributed by atoms with Gasteiger partial charge in [-0.25, -0.2) is 0 Å². The number of ether oxygens (including phenoxy) is 1. The molecule has 0 aromatic heterocycles. The highest BCUT2D eigenvalue weighted by Gasteiger charge is 2.14. The van der Waals surface area contributed by atoms with Crippen molar-refractivity contribution in [1.82, 2.24) is 0 Å². The van der Waals surface area contributed by atoms with Gasteiger partial charge in [0, 0.05) is 12.8 Å². The van der Waals surface area contributed by atoms with Crippen molar-refractivity contribution in [3.05, 3.63) is 36.5 Å². The Kier molecular flexibility index (Phi) is 37.1. The largest absolute Gasteiger partial charge is 0.481 e. The van der Waals surface area contributed by atoms with Crippen molar-refractivity contribution in [3.8, 4) is 0 Å². The van der Waals surface area contributed by atoms with Crippen LogP contribution in [0.2, 0.25) is 0 Å². The normalized spacial score (nSPS) is 12.6. The van der Waals surface area contributed by atoms with E-state index in [-0.39, 0.29) is 18.5 Å². The van der Waals surface area contributed by atoms with E-state index < -0.39 is 5.97 Å². The predicted octanol–water partition coefficient (Wildman–Crippen LogP) is 14.2. The van der Waals surface area contributed by atoms with Gasteiger partial charge < -0.3 is 9.84 Å². The summed E-state index contributed by atoms with van der Waals surface area (Å²) in [6.07, 6.45) is 50.2. The Morgan fingerprint density at radius 1 is 0.489 bits per heavy atom. The number of rotatable bonds is 37. The molecule has 0 fully saturated rings. The maximum atomic E-state index is 12.7. The van der Waals surface area contributed by atoms with Gasteiger partial charge in [-0.05, 0) is 70.6 Å². The van der Waals surface area contributed by atoms with Crippen LogP contribution in [0.4, 0.5) is 0 Å². The lowest BCUT2D eigenvalue weighted by atomic mass is 10.0. The van der Waals surface area contributed by atoms with Gasteiger partial charge >= 0.3 is 11.9 Å². The van der Waals surface area contributed by atoms with Crippen molar-refractivity contribution in [2.24, 2.45) is 0 Å². The number of aliphatic carboxylic acids is 1. The summed E-state index contributed by atoms with van der Waals surface area (Å²) in [5.41, 5.74) is 0. The first kappa shape index (κ1) is 45.2. The van der Waals surface area contributed by atoms with Gasteiger partial charge in [0.1, 0.15) is 6.10 Å². The minimum absolute atomic E-state index is 0.00514. The zero-order valence-electron chi connectivity index (χ0n) is 31.3. The summed E-state index contributed by atoms with van der Waals surface area (Å²) in [4.78, 5) is 23.4. The lowest BCUT2D eigenvalue weighted by molar-refractivity contribution is -0.150. The highest BCUT2D eigenvalue weighted by atomic mass is 16.5. The van der Waals surface area contributed by atoms with E-state index in [0.717, 1.165) is 83.5 Å². The highest BCUT2D eigenvalue weighted by Crippen LogP contribution is 2.19. The molecule has 4 nitrogen and oxygen atoms in total. The minimum Gasteiger partial charge on any atom is -0.481 e. The Morgan fingerprint density at radius 3 is 1.38 bits per heavy atom. The fraction of sp³-hybridized carbons (Fsp3) is 0.814. The summed E-state index contributed by atoms with van der Waals surface area (Å²) in [6.45, 7) is 4.44. The van der Waals surface area contributed by atoms with Crippen LogP contribution in [0.5, 0.6) is 0 Å². The number of unbranched alkanes of at least 4 members (excludes halogenated alkanes) is 22. The minimum atomic E-state index is -0.701. The van der Waals surface area contributed by atoms with Crippen LogP contribution in [0, 0.1) is 0 Å². The molecule has 0 amide bonds. The van der Waals surface area contributed by atoms with E-state index in [0.29, 0.717) is 6.42 Å². The van der Waals surface area contributed by atoms with E-state index in [1.165, 1.54) is 109 Å². The first-order chi connectivity index (χ1) is 23.1. The van der Waals surface area contributed by atoms with Gasteiger partial charge in [0.2, 0.25) is 0 Å². The molecule has 0 aliphatic carbocycles. The van der Waals surface area contributed by atoms with Crippen molar-refractivity contribution in [1.29, 1.82) is 0 Å². The lowest BCUT2D eigenvalue weighted by Gasteiger charge is -2.18. The smallest absolute Gasteiger partial charge is 0.306 e. The van der Waals surface area contributed by atoms with Gasteiger partial charge in [0.25, 0.3) is 0 Å². The van der Waals surface area contributed by atoms with Gasteiger partial charge in [-0.2, -0.15) is 0 Å². The molecule has 274 valence electrons. The second kappa shape index (κ2) is 38.6. The van der Waals surface area contributed by atoms with Crippen LogP contribution in [-0.4, -0.2) is 23.1 Å². The number of carboxylic acids is 1. The van der Waals surface area contributed by atoms with E-state index in [1.54, 1.807) is 0 Å². The van der Waals surface area contributed by atoms with E-state index in [4.69, 9.17) is 9.84 Å². The molecule has 0 aromatic carbocycles. The number of hydrogen-bond donors (Lipinski definition) is 1. The highest BCUT2D eigenvalue weighted by molar-refractivity contribution is 5.69. The summed E-state index contributed by atoms with van der Waals surface area (Å²) in [7, 11) is 0. The SMILES string of the molecule is CC/C=C\C/C=C\C/C=C\CCCCCCCCCC(=O)OC(CCCCCCCCCCCCCC)CCCCCCCC(=O)O. The summed E-state index contributed by atoms with van der Waals surface area (Å²) in [5.74, 6) is -0.706. The molecule has 1 unspecified atom stereocenters. The van der Waals surface area contributed by atoms with Crippen molar-refractivity contribution in [2.45, 2.75) is 225 Å². The Morgan fingerprint density at radius 2 is 0.894 bits per heavy atom. The molecular weight excluding hydrogens is 580 g/mol. The van der Waals surface area contributed by atoms with Gasteiger partial charge in [-0.3, -0.25) is 9.59 Å². The molecule has 0 radical (unpaired) electrons. The quantitative estimate of drug-likeness (QED) is 0.0410. The molecule has 0 spiro atoms. The van der Waals surface area contributed by atoms with Crippen LogP contribution in [0.1, 0.15) is 219 Å². The van der Waals surface area contributed by atoms with Crippen LogP contribution < -0.4 is 0 Å². The molecule has 0 saturated carbocycles. The zero-order chi connectivity index (χ0) is 34.3. The van der Waals surface area contributed by atoms with E-state index >= 15 is 0 Å². The van der Waals surface area contributed by atoms with Gasteiger partial charge in [0.05, 0.1) is 0 Å². The first-order valence-corrected chi connectivity index (χ1v) is 20.5. The fourth-order valence-corrected chi connectivity index (χ4v) is 6.14. The maximum absolute atomic E-state index is 12.7. The first-order valence-electron chi connectivity index (χ1n) is 20.5. The van der Waals surface area contributed by atoms with Crippen LogP contribution >= 0.6 is 0 Å². The molecule has 0 heterocycles. The van der Waals surface area contributed by atoms with Crippen molar-refractivity contribution < 1.29 is 19.4 Å². The van der Waals surface area contributed by atoms with E-state index in [9.17, 15) is 9.59 Å². The molecule has 1 atom stereocenters. The molecule has 1 N–H and O–H groups in total. The summed E-state index contributed by atoms with van der Waals surface area (Å²) in [5, 5.41) is 8.82. The Bertz CT molecular complexity index is 753. The summed E-state index contributed by atoms with van der Waals surface area (Å²) in [6, 6.07) is 0. The number of allylic oxidation sites excluding steroid dienone is 6. The van der Waals surface area contributed by atoms with Crippen molar-refractivity contribution >= 4 is 11.9 Å². The Labute approximate surface area is 292 Å². The van der Waals surface area contributed by atoms with Crippen molar-refractivity contribution in [3.63, 3.8) is 0 Å². The summed E-state index contributed by atoms with van der Waals surface area (Å²) >= 11 is 0. The standard InChI is InChI=1S/C43H78O4/c1-3-5-7-9-11-13-15-17-18-19-20-21-23-25-27-32-36-40-43(46)47-41(38-34-30-28-31-35-39-42(44)45)37-33-29-26-24-22-16-14-12-10-8-6-4-2/h5,7,11,13,17-18,41H,3-4,6,8-10,12,14-16,19-40H2,1-2H3,(H,44,45)/b7-5-,13-11-,18-17-. The predicted molar refractivity (Wildman–Crippen MR) is 204 cm³/mol. The third kappa shape index (κ3) is 38.5. The topological polar surface area (TPSA) is 63.6 Å². The van der Waals surface area contributed by atoms with Crippen LogP contribution in [0.15, 0.2) is 36.5 Å². The zero-order valence-corrected chi connectivity index (χ0v) is 31.3. The third-order valence-corrected chi connectivity index (χ3v) is 9.13. The van der Waals surface area contributed by atoms with Gasteiger partial charge in [0.15, 0.2) is 0 Å². The summed E-state index contributed by atoms with van der Waals surface area (Å²) < 4.78 is 6.01. The second-order valence-corrected chi connectivity index (χ2v) is 13.8. The number of carbonyl (C=O) groups is 2. The molecule has 0 saturated heterocycles. The van der Waals surface area contributed by atoms with Crippen LogP contribution in [0.25, 0.3) is 0 Å². The van der Waals surface area contributed by atoms with E-state index in [1.807, 2.05) is 0 Å². The molecule has 4 heteroatoms. The van der Waals surface area contributed by atoms with Crippen molar-refractivity contribution in [2.75, 3.05) is 0 Å².